The van der Waals surface area contributed by atoms with Gasteiger partial charge in [0.1, 0.15) is 24.2 Å². The molecule has 2 heterocycles. The van der Waals surface area contributed by atoms with Gasteiger partial charge in [-0.1, -0.05) is 11.6 Å². The van der Waals surface area contributed by atoms with Crippen LogP contribution in [0.25, 0.3) is 21.7 Å². The van der Waals surface area contributed by atoms with Gasteiger partial charge in [0.25, 0.3) is 5.91 Å². The van der Waals surface area contributed by atoms with Crippen molar-refractivity contribution in [2.24, 2.45) is 0 Å². The molecular weight excluding hydrogens is 434 g/mol. The molecule has 0 atom stereocenters. The molecule has 6 nitrogen and oxygen atoms in total. The Labute approximate surface area is 178 Å². The molecule has 3 aromatic rings. The largest absolute Gasteiger partial charge is 0.337 e. The molecule has 2 aromatic carbocycles. The topological polar surface area (TPSA) is 86.1 Å². The van der Waals surface area contributed by atoms with E-state index in [1.54, 1.807) is 6.07 Å². The van der Waals surface area contributed by atoms with Gasteiger partial charge in [0.05, 0.1) is 22.8 Å². The van der Waals surface area contributed by atoms with Crippen LogP contribution in [0.5, 0.6) is 0 Å². The van der Waals surface area contributed by atoms with E-state index in [2.05, 4.69) is 10.3 Å². The van der Waals surface area contributed by atoms with Crippen molar-refractivity contribution >= 4 is 34.8 Å². The predicted octanol–water partition coefficient (Wildman–Crippen LogP) is 3.81. The third-order valence-electron chi connectivity index (χ3n) is 4.38. The van der Waals surface area contributed by atoms with Crippen LogP contribution in [0.3, 0.4) is 0 Å². The first-order valence-corrected chi connectivity index (χ1v) is 9.78. The molecule has 1 aliphatic heterocycles. The van der Waals surface area contributed by atoms with E-state index in [0.717, 1.165) is 23.5 Å². The molecule has 4 rings (SSSR count). The first-order chi connectivity index (χ1) is 14.4. The maximum absolute atomic E-state index is 14.0. The lowest BCUT2D eigenvalue weighted by atomic mass is 10.0. The average Bonchev–Trinajstić information content (AvgIpc) is 3.34. The summed E-state index contributed by atoms with van der Waals surface area (Å²) < 4.78 is 27.7. The first kappa shape index (κ1) is 19.9. The number of nitrogens with one attached hydrogen (secondary N) is 1. The monoisotopic (exact) mass is 444 g/mol. The highest BCUT2D eigenvalue weighted by Gasteiger charge is 2.28. The lowest BCUT2D eigenvalue weighted by molar-refractivity contribution is -0.118. The van der Waals surface area contributed by atoms with Crippen LogP contribution >= 0.6 is 22.9 Å². The molecule has 1 aromatic heterocycles. The van der Waals surface area contributed by atoms with Crippen LogP contribution in [-0.4, -0.2) is 34.9 Å². The Balaban J connectivity index is 1.87. The van der Waals surface area contributed by atoms with Gasteiger partial charge in [-0.05, 0) is 42.0 Å². The molecule has 30 heavy (non-hydrogen) atoms. The molecule has 0 radical (unpaired) electrons. The summed E-state index contributed by atoms with van der Waals surface area (Å²) in [5.74, 6) is -2.02. The Bertz CT molecular complexity index is 1220. The van der Waals surface area contributed by atoms with Crippen LogP contribution in [0, 0.1) is 23.0 Å². The minimum absolute atomic E-state index is 0.0584. The van der Waals surface area contributed by atoms with Crippen LogP contribution in [0.2, 0.25) is 5.02 Å². The Morgan fingerprint density at radius 1 is 1.23 bits per heavy atom. The van der Waals surface area contributed by atoms with Gasteiger partial charge in [-0.15, -0.1) is 11.3 Å². The van der Waals surface area contributed by atoms with Gasteiger partial charge >= 0.3 is 0 Å². The number of hydrogen-bond donors (Lipinski definition) is 1. The first-order valence-electron chi connectivity index (χ1n) is 8.59. The summed E-state index contributed by atoms with van der Waals surface area (Å²) in [6, 6.07) is 9.52. The highest BCUT2D eigenvalue weighted by atomic mass is 35.5. The molecule has 1 N–H and O–H groups in total. The van der Waals surface area contributed by atoms with E-state index in [4.69, 9.17) is 16.9 Å². The zero-order valence-corrected chi connectivity index (χ0v) is 16.7. The van der Waals surface area contributed by atoms with Crippen molar-refractivity contribution in [2.45, 2.75) is 0 Å². The molecule has 10 heteroatoms. The minimum Gasteiger partial charge on any atom is -0.337 e. The lowest BCUT2D eigenvalue weighted by Crippen LogP contribution is -2.29. The summed E-state index contributed by atoms with van der Waals surface area (Å²) in [7, 11) is 0. The summed E-state index contributed by atoms with van der Waals surface area (Å²) in [5, 5.41) is 11.9. The second kappa shape index (κ2) is 7.82. The molecule has 0 bridgehead atoms. The maximum atomic E-state index is 14.0. The van der Waals surface area contributed by atoms with E-state index in [0.29, 0.717) is 16.0 Å². The standard InChI is InChI=1S/C20H11ClF2N4O2S/c21-13-4-11(5-14(22)6-13)18-17(10-1-2-15(23)12(3-10)7-24)26-19(30-18)20(29)27-8-16(28)25-9-27/h1-6H,8-9H2,(H,25,28). The second-order valence-electron chi connectivity index (χ2n) is 6.42. The number of amides is 2. The molecule has 1 saturated heterocycles. The number of carbonyl (C=O) groups excluding carboxylic acids is 2. The molecule has 1 aliphatic rings. The molecule has 2 amide bonds. The SMILES string of the molecule is N#Cc1cc(-c2nc(C(=O)N3CNC(=O)C3)sc2-c2cc(F)cc(Cl)c2)ccc1F. The van der Waals surface area contributed by atoms with Gasteiger partial charge in [0, 0.05) is 10.6 Å². The van der Waals surface area contributed by atoms with Gasteiger partial charge in [-0.3, -0.25) is 9.59 Å². The quantitative estimate of drug-likeness (QED) is 0.665. The summed E-state index contributed by atoms with van der Waals surface area (Å²) in [6.45, 7) is -0.0349. The smallest absolute Gasteiger partial charge is 0.284 e. The van der Waals surface area contributed by atoms with E-state index in [1.807, 2.05) is 0 Å². The normalized spacial score (nSPS) is 13.3. The van der Waals surface area contributed by atoms with Crippen LogP contribution in [0.4, 0.5) is 8.78 Å². The Kier molecular flexibility index (Phi) is 5.20. The van der Waals surface area contributed by atoms with E-state index in [-0.39, 0.29) is 40.4 Å². The summed E-state index contributed by atoms with van der Waals surface area (Å²) in [6.07, 6.45) is 0. The number of rotatable bonds is 3. The zero-order valence-electron chi connectivity index (χ0n) is 15.1. The minimum atomic E-state index is -0.690. The Morgan fingerprint density at radius 2 is 2.03 bits per heavy atom. The van der Waals surface area contributed by atoms with Gasteiger partial charge in [0.15, 0.2) is 5.01 Å². The van der Waals surface area contributed by atoms with Crippen LogP contribution in [-0.2, 0) is 4.79 Å². The van der Waals surface area contributed by atoms with Crippen molar-refractivity contribution in [3.63, 3.8) is 0 Å². The van der Waals surface area contributed by atoms with Gasteiger partial charge in [-0.2, -0.15) is 5.26 Å². The molecular formula is C20H11ClF2N4O2S. The number of carbonyl (C=O) groups is 2. The number of nitrogens with zero attached hydrogens (tertiary/aromatic N) is 3. The lowest BCUT2D eigenvalue weighted by Gasteiger charge is -2.10. The zero-order chi connectivity index (χ0) is 21.4. The Hall–Kier alpha value is -3.35. The van der Waals surface area contributed by atoms with Crippen molar-refractivity contribution < 1.29 is 18.4 Å². The maximum Gasteiger partial charge on any atom is 0.284 e. The third kappa shape index (κ3) is 3.75. The number of hydrogen-bond acceptors (Lipinski definition) is 5. The van der Waals surface area contributed by atoms with Gasteiger partial charge in [-0.25, -0.2) is 13.8 Å². The van der Waals surface area contributed by atoms with Crippen molar-refractivity contribution in [1.29, 1.82) is 5.26 Å². The van der Waals surface area contributed by atoms with E-state index in [9.17, 15) is 18.4 Å². The summed E-state index contributed by atoms with van der Waals surface area (Å²) in [5.41, 5.74) is 0.852. The molecule has 0 spiro atoms. The van der Waals surface area contributed by atoms with Gasteiger partial charge < -0.3 is 10.2 Å². The summed E-state index contributed by atoms with van der Waals surface area (Å²) in [4.78, 5) is 30.3. The third-order valence-corrected chi connectivity index (χ3v) is 5.69. The van der Waals surface area contributed by atoms with E-state index >= 15 is 0 Å². The number of halogens is 3. The number of thiazole rings is 1. The predicted molar refractivity (Wildman–Crippen MR) is 107 cm³/mol. The number of nitriles is 1. The average molecular weight is 445 g/mol. The van der Waals surface area contributed by atoms with Crippen molar-refractivity contribution in [2.75, 3.05) is 13.2 Å². The molecule has 0 saturated carbocycles. The number of aromatic nitrogens is 1. The van der Waals surface area contributed by atoms with Crippen molar-refractivity contribution in [1.82, 2.24) is 15.2 Å². The molecule has 1 fully saturated rings. The van der Waals surface area contributed by atoms with Crippen LogP contribution in [0.1, 0.15) is 15.4 Å². The van der Waals surface area contributed by atoms with Crippen molar-refractivity contribution in [3.8, 4) is 27.8 Å². The van der Waals surface area contributed by atoms with E-state index in [1.165, 1.54) is 29.2 Å². The number of benzene rings is 2. The highest BCUT2D eigenvalue weighted by Crippen LogP contribution is 2.39. The molecule has 0 aliphatic carbocycles. The van der Waals surface area contributed by atoms with Crippen molar-refractivity contribution in [3.05, 3.63) is 63.6 Å². The van der Waals surface area contributed by atoms with Crippen LogP contribution < -0.4 is 5.32 Å². The fourth-order valence-electron chi connectivity index (χ4n) is 2.99. The molecule has 0 unspecified atom stereocenters. The molecule has 150 valence electrons. The van der Waals surface area contributed by atoms with E-state index < -0.39 is 17.5 Å². The fraction of sp³-hybridized carbons (Fsp3) is 0.100. The Morgan fingerprint density at radius 3 is 2.70 bits per heavy atom. The summed E-state index contributed by atoms with van der Waals surface area (Å²) >= 11 is 6.98. The fourth-order valence-corrected chi connectivity index (χ4v) is 4.26. The van der Waals surface area contributed by atoms with Crippen LogP contribution in [0.15, 0.2) is 36.4 Å². The highest BCUT2D eigenvalue weighted by molar-refractivity contribution is 7.17. The van der Waals surface area contributed by atoms with Gasteiger partial charge in [0.2, 0.25) is 5.91 Å². The second-order valence-corrected chi connectivity index (χ2v) is 7.86.